The molecule has 5 nitrogen and oxygen atoms in total. The van der Waals surface area contributed by atoms with E-state index in [-0.39, 0.29) is 5.91 Å². The molecule has 1 atom stereocenters. The first-order valence-corrected chi connectivity index (χ1v) is 7.29. The van der Waals surface area contributed by atoms with Crippen LogP contribution in [0.1, 0.15) is 22.6 Å². The minimum atomic E-state index is 0.0597. The third-order valence-electron chi connectivity index (χ3n) is 4.12. The predicted molar refractivity (Wildman–Crippen MR) is 75.7 cm³/mol. The second kappa shape index (κ2) is 5.89. The van der Waals surface area contributed by atoms with Crippen LogP contribution >= 0.6 is 0 Å². The fourth-order valence-corrected chi connectivity index (χ4v) is 2.99. The molecule has 108 valence electrons. The van der Waals surface area contributed by atoms with E-state index in [2.05, 4.69) is 9.88 Å². The Balaban J connectivity index is 1.63. The van der Waals surface area contributed by atoms with Crippen molar-refractivity contribution in [1.29, 1.82) is 0 Å². The van der Waals surface area contributed by atoms with Crippen LogP contribution in [0.15, 0.2) is 18.2 Å². The first-order valence-electron chi connectivity index (χ1n) is 7.29. The normalized spacial score (nSPS) is 24.1. The maximum absolute atomic E-state index is 12.4. The molecule has 0 bridgehead atoms. The molecule has 0 aliphatic carbocycles. The van der Waals surface area contributed by atoms with Gasteiger partial charge in [-0.2, -0.15) is 0 Å². The molecule has 1 amide bonds. The van der Waals surface area contributed by atoms with Gasteiger partial charge < -0.3 is 9.64 Å². The van der Waals surface area contributed by atoms with Crippen LogP contribution in [0.2, 0.25) is 0 Å². The van der Waals surface area contributed by atoms with Gasteiger partial charge in [0.2, 0.25) is 0 Å². The van der Waals surface area contributed by atoms with Gasteiger partial charge in [0.05, 0.1) is 13.2 Å². The van der Waals surface area contributed by atoms with Crippen LogP contribution in [0.5, 0.6) is 0 Å². The molecule has 1 aromatic rings. The number of hydrogen-bond acceptors (Lipinski definition) is 4. The first-order chi connectivity index (χ1) is 9.74. The lowest BCUT2D eigenvalue weighted by Gasteiger charge is -2.32. The summed E-state index contributed by atoms with van der Waals surface area (Å²) >= 11 is 0. The highest BCUT2D eigenvalue weighted by Crippen LogP contribution is 2.18. The van der Waals surface area contributed by atoms with Gasteiger partial charge in [0, 0.05) is 37.9 Å². The monoisotopic (exact) mass is 275 g/mol. The Morgan fingerprint density at radius 1 is 1.30 bits per heavy atom. The average molecular weight is 275 g/mol. The summed E-state index contributed by atoms with van der Waals surface area (Å²) in [5, 5.41) is 0. The molecule has 3 heterocycles. The van der Waals surface area contributed by atoms with Crippen molar-refractivity contribution >= 4 is 5.91 Å². The minimum Gasteiger partial charge on any atom is -0.379 e. The molecule has 5 heteroatoms. The number of ether oxygens (including phenoxy) is 1. The summed E-state index contributed by atoms with van der Waals surface area (Å²) < 4.78 is 5.38. The van der Waals surface area contributed by atoms with Crippen LogP contribution < -0.4 is 0 Å². The van der Waals surface area contributed by atoms with Crippen molar-refractivity contribution in [2.45, 2.75) is 19.4 Å². The summed E-state index contributed by atoms with van der Waals surface area (Å²) in [7, 11) is 0. The smallest absolute Gasteiger partial charge is 0.272 e. The van der Waals surface area contributed by atoms with Gasteiger partial charge in [-0.15, -0.1) is 0 Å². The third kappa shape index (κ3) is 2.83. The van der Waals surface area contributed by atoms with E-state index in [4.69, 9.17) is 4.74 Å². The average Bonchev–Trinajstić information content (AvgIpc) is 2.97. The molecule has 2 aliphatic heterocycles. The molecule has 2 aliphatic rings. The second-order valence-corrected chi connectivity index (χ2v) is 5.51. The van der Waals surface area contributed by atoms with Crippen molar-refractivity contribution in [2.75, 3.05) is 39.4 Å². The van der Waals surface area contributed by atoms with Crippen LogP contribution in [0.25, 0.3) is 0 Å². The molecule has 2 fully saturated rings. The highest BCUT2D eigenvalue weighted by Gasteiger charge is 2.31. The Morgan fingerprint density at radius 2 is 2.10 bits per heavy atom. The van der Waals surface area contributed by atoms with Crippen molar-refractivity contribution in [1.82, 2.24) is 14.8 Å². The summed E-state index contributed by atoms with van der Waals surface area (Å²) in [6.07, 6.45) is 1.05. The summed E-state index contributed by atoms with van der Waals surface area (Å²) in [5.74, 6) is 0.0597. The van der Waals surface area contributed by atoms with Gasteiger partial charge in [-0.25, -0.2) is 4.98 Å². The zero-order valence-electron chi connectivity index (χ0n) is 11.9. The summed E-state index contributed by atoms with van der Waals surface area (Å²) in [4.78, 5) is 21.2. The molecule has 0 radical (unpaired) electrons. The molecule has 0 spiro atoms. The molecule has 1 unspecified atom stereocenters. The van der Waals surface area contributed by atoms with Crippen molar-refractivity contribution in [3.8, 4) is 0 Å². The minimum absolute atomic E-state index is 0.0597. The quantitative estimate of drug-likeness (QED) is 0.806. The van der Waals surface area contributed by atoms with Crippen LogP contribution in [0.3, 0.4) is 0 Å². The standard InChI is InChI=1S/C15H21N3O2/c1-12-3-2-4-14(16-12)15(19)18-6-5-13(11-18)17-7-9-20-10-8-17/h2-4,13H,5-11H2,1H3. The molecule has 20 heavy (non-hydrogen) atoms. The van der Waals surface area contributed by atoms with Gasteiger partial charge in [-0.1, -0.05) is 6.07 Å². The van der Waals surface area contributed by atoms with Gasteiger partial charge in [0.1, 0.15) is 5.69 Å². The maximum Gasteiger partial charge on any atom is 0.272 e. The van der Waals surface area contributed by atoms with Crippen molar-refractivity contribution in [3.63, 3.8) is 0 Å². The fraction of sp³-hybridized carbons (Fsp3) is 0.600. The number of hydrogen-bond donors (Lipinski definition) is 0. The molecule has 1 aromatic heterocycles. The fourth-order valence-electron chi connectivity index (χ4n) is 2.99. The number of morpholine rings is 1. The lowest BCUT2D eigenvalue weighted by atomic mass is 10.2. The van der Waals surface area contributed by atoms with E-state index in [0.29, 0.717) is 11.7 Å². The lowest BCUT2D eigenvalue weighted by Crippen LogP contribution is -2.45. The number of carbonyl (C=O) groups is 1. The SMILES string of the molecule is Cc1cccc(C(=O)N2CCC(N3CCOCC3)C2)n1. The number of carbonyl (C=O) groups excluding carboxylic acids is 1. The number of amides is 1. The van der Waals surface area contributed by atoms with Gasteiger partial charge >= 0.3 is 0 Å². The van der Waals surface area contributed by atoms with Crippen molar-refractivity contribution in [3.05, 3.63) is 29.6 Å². The number of pyridine rings is 1. The van der Waals surface area contributed by atoms with E-state index in [9.17, 15) is 4.79 Å². The number of aromatic nitrogens is 1. The Kier molecular flexibility index (Phi) is 3.98. The highest BCUT2D eigenvalue weighted by atomic mass is 16.5. The Labute approximate surface area is 119 Å². The van der Waals surface area contributed by atoms with E-state index >= 15 is 0 Å². The predicted octanol–water partition coefficient (Wildman–Crippen LogP) is 0.937. The zero-order chi connectivity index (χ0) is 13.9. The van der Waals surface area contributed by atoms with E-state index in [0.717, 1.165) is 51.5 Å². The summed E-state index contributed by atoms with van der Waals surface area (Å²) in [6, 6.07) is 6.09. The van der Waals surface area contributed by atoms with E-state index in [1.54, 1.807) is 6.07 Å². The molecule has 0 N–H and O–H groups in total. The van der Waals surface area contributed by atoms with Gasteiger partial charge in [-0.05, 0) is 25.5 Å². The van der Waals surface area contributed by atoms with Crippen molar-refractivity contribution < 1.29 is 9.53 Å². The summed E-state index contributed by atoms with van der Waals surface area (Å²) in [5.41, 5.74) is 1.45. The Morgan fingerprint density at radius 3 is 2.85 bits per heavy atom. The molecule has 0 aromatic carbocycles. The molecule has 3 rings (SSSR count). The number of likely N-dealkylation sites (tertiary alicyclic amines) is 1. The largest absolute Gasteiger partial charge is 0.379 e. The topological polar surface area (TPSA) is 45.7 Å². The van der Waals surface area contributed by atoms with Crippen LogP contribution in [0.4, 0.5) is 0 Å². The Bertz CT molecular complexity index is 486. The van der Waals surface area contributed by atoms with E-state index < -0.39 is 0 Å². The summed E-state index contributed by atoms with van der Waals surface area (Å²) in [6.45, 7) is 7.14. The number of nitrogens with zero attached hydrogens (tertiary/aromatic N) is 3. The Hall–Kier alpha value is -1.46. The third-order valence-corrected chi connectivity index (χ3v) is 4.12. The van der Waals surface area contributed by atoms with Crippen molar-refractivity contribution in [2.24, 2.45) is 0 Å². The molecule has 0 saturated carbocycles. The number of aryl methyl sites for hydroxylation is 1. The van der Waals surface area contributed by atoms with Gasteiger partial charge in [0.15, 0.2) is 0 Å². The van der Waals surface area contributed by atoms with Crippen LogP contribution in [0, 0.1) is 6.92 Å². The maximum atomic E-state index is 12.4. The van der Waals surface area contributed by atoms with Crippen LogP contribution in [-0.2, 0) is 4.74 Å². The molecular formula is C15H21N3O2. The second-order valence-electron chi connectivity index (χ2n) is 5.51. The van der Waals surface area contributed by atoms with E-state index in [1.807, 2.05) is 24.0 Å². The number of rotatable bonds is 2. The zero-order valence-corrected chi connectivity index (χ0v) is 11.9. The first kappa shape index (κ1) is 13.5. The van der Waals surface area contributed by atoms with E-state index in [1.165, 1.54) is 0 Å². The molecular weight excluding hydrogens is 254 g/mol. The molecule has 2 saturated heterocycles. The van der Waals surface area contributed by atoms with Gasteiger partial charge in [0.25, 0.3) is 5.91 Å². The lowest BCUT2D eigenvalue weighted by molar-refractivity contribution is 0.0185. The highest BCUT2D eigenvalue weighted by molar-refractivity contribution is 5.92. The van der Waals surface area contributed by atoms with Crippen LogP contribution in [-0.4, -0.2) is 66.1 Å². The van der Waals surface area contributed by atoms with Gasteiger partial charge in [-0.3, -0.25) is 9.69 Å².